The lowest BCUT2D eigenvalue weighted by Crippen LogP contribution is -1.87. The SMILES string of the molecule is Clc1ccc2ncc(-c3cn[nH]c3)nc2c1. The lowest BCUT2D eigenvalue weighted by Gasteiger charge is -2.00. The summed E-state index contributed by atoms with van der Waals surface area (Å²) in [5.74, 6) is 0. The highest BCUT2D eigenvalue weighted by atomic mass is 35.5. The summed E-state index contributed by atoms with van der Waals surface area (Å²) in [6.07, 6.45) is 5.21. The molecule has 16 heavy (non-hydrogen) atoms. The quantitative estimate of drug-likeness (QED) is 0.699. The second-order valence-corrected chi connectivity index (χ2v) is 3.81. The highest BCUT2D eigenvalue weighted by Crippen LogP contribution is 2.20. The fourth-order valence-electron chi connectivity index (χ4n) is 1.51. The predicted octanol–water partition coefficient (Wildman–Crippen LogP) is 2.67. The molecule has 1 N–H and O–H groups in total. The monoisotopic (exact) mass is 230 g/mol. The second kappa shape index (κ2) is 3.57. The number of nitrogens with one attached hydrogen (secondary N) is 1. The molecule has 0 unspecified atom stereocenters. The number of halogens is 1. The van der Waals surface area contributed by atoms with E-state index in [1.54, 1.807) is 30.7 Å². The van der Waals surface area contributed by atoms with Gasteiger partial charge in [-0.1, -0.05) is 11.6 Å². The zero-order valence-corrected chi connectivity index (χ0v) is 8.94. The van der Waals surface area contributed by atoms with E-state index >= 15 is 0 Å². The zero-order valence-electron chi connectivity index (χ0n) is 8.18. The topological polar surface area (TPSA) is 54.5 Å². The van der Waals surface area contributed by atoms with Gasteiger partial charge in [-0.3, -0.25) is 10.1 Å². The number of fused-ring (bicyclic) bond motifs is 1. The van der Waals surface area contributed by atoms with Crippen LogP contribution in [0.1, 0.15) is 0 Å². The van der Waals surface area contributed by atoms with Crippen LogP contribution in [0.15, 0.2) is 36.8 Å². The molecule has 0 radical (unpaired) electrons. The van der Waals surface area contributed by atoms with Crippen molar-refractivity contribution in [1.82, 2.24) is 20.2 Å². The van der Waals surface area contributed by atoms with Gasteiger partial charge in [0.15, 0.2) is 0 Å². The molecule has 0 saturated heterocycles. The third kappa shape index (κ3) is 1.53. The Morgan fingerprint density at radius 1 is 1.12 bits per heavy atom. The summed E-state index contributed by atoms with van der Waals surface area (Å²) < 4.78 is 0. The first-order valence-electron chi connectivity index (χ1n) is 4.74. The molecule has 2 aromatic heterocycles. The van der Waals surface area contributed by atoms with E-state index in [-0.39, 0.29) is 0 Å². The lowest BCUT2D eigenvalue weighted by atomic mass is 10.2. The van der Waals surface area contributed by atoms with Crippen molar-refractivity contribution in [3.05, 3.63) is 41.8 Å². The van der Waals surface area contributed by atoms with E-state index in [1.807, 2.05) is 6.07 Å². The molecule has 0 atom stereocenters. The number of rotatable bonds is 1. The molecule has 4 nitrogen and oxygen atoms in total. The Hall–Kier alpha value is -1.94. The molecule has 78 valence electrons. The van der Waals surface area contributed by atoms with Crippen LogP contribution >= 0.6 is 11.6 Å². The van der Waals surface area contributed by atoms with Gasteiger partial charge >= 0.3 is 0 Å². The number of aromatic amines is 1. The molecule has 3 aromatic rings. The summed E-state index contributed by atoms with van der Waals surface area (Å²) in [5.41, 5.74) is 3.31. The van der Waals surface area contributed by atoms with Gasteiger partial charge in [-0.05, 0) is 18.2 Å². The Balaban J connectivity index is 2.22. The molecule has 0 amide bonds. The Morgan fingerprint density at radius 2 is 2.06 bits per heavy atom. The van der Waals surface area contributed by atoms with Gasteiger partial charge in [-0.15, -0.1) is 0 Å². The summed E-state index contributed by atoms with van der Waals surface area (Å²) in [6, 6.07) is 5.45. The molecule has 1 aromatic carbocycles. The average molecular weight is 231 g/mol. The first-order chi connectivity index (χ1) is 7.83. The van der Waals surface area contributed by atoms with Crippen LogP contribution in [-0.4, -0.2) is 20.2 Å². The highest BCUT2D eigenvalue weighted by Gasteiger charge is 2.03. The van der Waals surface area contributed by atoms with Crippen molar-refractivity contribution in [3.8, 4) is 11.3 Å². The number of H-pyrrole nitrogens is 1. The number of benzene rings is 1. The highest BCUT2D eigenvalue weighted by molar-refractivity contribution is 6.31. The maximum absolute atomic E-state index is 5.91. The van der Waals surface area contributed by atoms with Crippen LogP contribution in [-0.2, 0) is 0 Å². The van der Waals surface area contributed by atoms with Gasteiger partial charge in [-0.2, -0.15) is 5.10 Å². The van der Waals surface area contributed by atoms with Gasteiger partial charge in [0.2, 0.25) is 0 Å². The standard InChI is InChI=1S/C11H7ClN4/c12-8-1-2-9-10(3-8)16-11(6-13-9)7-4-14-15-5-7/h1-6H,(H,14,15). The van der Waals surface area contributed by atoms with Crippen molar-refractivity contribution in [1.29, 1.82) is 0 Å². The van der Waals surface area contributed by atoms with Crippen molar-refractivity contribution in [2.24, 2.45) is 0 Å². The summed E-state index contributed by atoms with van der Waals surface area (Å²) in [7, 11) is 0. The van der Waals surface area contributed by atoms with E-state index in [0.717, 1.165) is 22.3 Å². The molecule has 0 bridgehead atoms. The Kier molecular flexibility index (Phi) is 2.08. The second-order valence-electron chi connectivity index (χ2n) is 3.38. The van der Waals surface area contributed by atoms with Crippen LogP contribution in [0.4, 0.5) is 0 Å². The van der Waals surface area contributed by atoms with Gasteiger partial charge in [0.25, 0.3) is 0 Å². The molecule has 0 aliphatic carbocycles. The first-order valence-corrected chi connectivity index (χ1v) is 5.12. The van der Waals surface area contributed by atoms with Crippen LogP contribution in [0.5, 0.6) is 0 Å². The van der Waals surface area contributed by atoms with Crippen LogP contribution in [0, 0.1) is 0 Å². The van der Waals surface area contributed by atoms with E-state index in [2.05, 4.69) is 20.2 Å². The number of hydrogen-bond acceptors (Lipinski definition) is 3. The van der Waals surface area contributed by atoms with Gasteiger partial charge in [0.05, 0.1) is 29.1 Å². The van der Waals surface area contributed by atoms with Crippen LogP contribution in [0.25, 0.3) is 22.3 Å². The van der Waals surface area contributed by atoms with Crippen LogP contribution in [0.2, 0.25) is 5.02 Å². The maximum Gasteiger partial charge on any atom is 0.0924 e. The molecule has 0 aliphatic heterocycles. The Bertz CT molecular complexity index is 634. The molecule has 0 aliphatic rings. The molecule has 0 spiro atoms. The van der Waals surface area contributed by atoms with Crippen molar-refractivity contribution in [2.45, 2.75) is 0 Å². The number of nitrogens with zero attached hydrogens (tertiary/aromatic N) is 3. The summed E-state index contributed by atoms with van der Waals surface area (Å²) in [6.45, 7) is 0. The van der Waals surface area contributed by atoms with E-state index in [0.29, 0.717) is 5.02 Å². The van der Waals surface area contributed by atoms with Gasteiger partial charge in [0.1, 0.15) is 0 Å². The summed E-state index contributed by atoms with van der Waals surface area (Å²) in [5, 5.41) is 7.28. The van der Waals surface area contributed by atoms with Crippen molar-refractivity contribution < 1.29 is 0 Å². The van der Waals surface area contributed by atoms with E-state index in [9.17, 15) is 0 Å². The van der Waals surface area contributed by atoms with E-state index in [4.69, 9.17) is 11.6 Å². The minimum Gasteiger partial charge on any atom is -0.285 e. The largest absolute Gasteiger partial charge is 0.285 e. The molecule has 5 heteroatoms. The fourth-order valence-corrected chi connectivity index (χ4v) is 1.68. The third-order valence-corrected chi connectivity index (χ3v) is 2.53. The van der Waals surface area contributed by atoms with Crippen molar-refractivity contribution in [3.63, 3.8) is 0 Å². The summed E-state index contributed by atoms with van der Waals surface area (Å²) in [4.78, 5) is 8.79. The van der Waals surface area contributed by atoms with E-state index in [1.165, 1.54) is 0 Å². The zero-order chi connectivity index (χ0) is 11.0. The first kappa shape index (κ1) is 9.30. The molecular formula is C11H7ClN4. The van der Waals surface area contributed by atoms with Crippen LogP contribution in [0.3, 0.4) is 0 Å². The molecule has 2 heterocycles. The van der Waals surface area contributed by atoms with Crippen molar-refractivity contribution >= 4 is 22.6 Å². The van der Waals surface area contributed by atoms with Gasteiger partial charge < -0.3 is 0 Å². The number of hydrogen-bond donors (Lipinski definition) is 1. The fraction of sp³-hybridized carbons (Fsp3) is 0. The number of aromatic nitrogens is 4. The molecule has 0 saturated carbocycles. The average Bonchev–Trinajstić information content (AvgIpc) is 2.81. The van der Waals surface area contributed by atoms with Gasteiger partial charge in [-0.25, -0.2) is 4.98 Å². The normalized spacial score (nSPS) is 10.8. The third-order valence-electron chi connectivity index (χ3n) is 2.30. The minimum atomic E-state index is 0.658. The minimum absolute atomic E-state index is 0.658. The van der Waals surface area contributed by atoms with Gasteiger partial charge in [0, 0.05) is 16.8 Å². The Labute approximate surface area is 96.3 Å². The maximum atomic E-state index is 5.91. The molecule has 3 rings (SSSR count). The Morgan fingerprint density at radius 3 is 2.88 bits per heavy atom. The molecular weight excluding hydrogens is 224 g/mol. The van der Waals surface area contributed by atoms with E-state index < -0.39 is 0 Å². The lowest BCUT2D eigenvalue weighted by molar-refractivity contribution is 1.09. The summed E-state index contributed by atoms with van der Waals surface area (Å²) >= 11 is 5.91. The predicted molar refractivity (Wildman–Crippen MR) is 62.1 cm³/mol. The van der Waals surface area contributed by atoms with Crippen molar-refractivity contribution in [2.75, 3.05) is 0 Å². The molecule has 0 fully saturated rings. The van der Waals surface area contributed by atoms with Crippen LogP contribution < -0.4 is 0 Å². The smallest absolute Gasteiger partial charge is 0.0924 e.